The van der Waals surface area contributed by atoms with Crippen LogP contribution in [0.3, 0.4) is 0 Å². The van der Waals surface area contributed by atoms with Gasteiger partial charge in [-0.1, -0.05) is 6.92 Å². The van der Waals surface area contributed by atoms with Crippen molar-refractivity contribution in [3.8, 4) is 28.6 Å². The molecule has 2 saturated carbocycles. The first-order chi connectivity index (χ1) is 32.1. The molecule has 3 aliphatic heterocycles. The molecule has 0 bridgehead atoms. The maximum Gasteiger partial charge on any atom is 0.249 e. The average molecular weight is 899 g/mol. The molecule has 3 N–H and O–H groups in total. The van der Waals surface area contributed by atoms with Gasteiger partial charge in [0.05, 0.1) is 41.4 Å². The largest absolute Gasteiger partial charge is 0.373 e. The number of carbonyl (C=O) groups is 3. The Morgan fingerprint density at radius 2 is 1.64 bits per heavy atom. The van der Waals surface area contributed by atoms with Crippen LogP contribution in [-0.4, -0.2) is 96.3 Å². The monoisotopic (exact) mass is 898 g/mol. The minimum absolute atomic E-state index is 0.105. The minimum Gasteiger partial charge on any atom is -0.373 e. The number of aromatic nitrogens is 6. The smallest absolute Gasteiger partial charge is 0.249 e. The summed E-state index contributed by atoms with van der Waals surface area (Å²) in [5, 5.41) is 27.8. The van der Waals surface area contributed by atoms with E-state index in [4.69, 9.17) is 15.1 Å². The van der Waals surface area contributed by atoms with Gasteiger partial charge in [-0.2, -0.15) is 15.5 Å². The summed E-state index contributed by atoms with van der Waals surface area (Å²) in [5.41, 5.74) is 3.89. The van der Waals surface area contributed by atoms with E-state index >= 15 is 8.78 Å². The molecule has 1 atom stereocenters. The fraction of sp³-hybridized carbons (Fsp3) is 0.510. The zero-order valence-corrected chi connectivity index (χ0v) is 37.3. The Morgan fingerprint density at radius 3 is 2.29 bits per heavy atom. The van der Waals surface area contributed by atoms with Gasteiger partial charge in [0.1, 0.15) is 40.6 Å². The van der Waals surface area contributed by atoms with Crippen molar-refractivity contribution in [2.24, 2.45) is 5.41 Å². The van der Waals surface area contributed by atoms with E-state index < -0.39 is 23.6 Å². The van der Waals surface area contributed by atoms with E-state index in [-0.39, 0.29) is 53.3 Å². The van der Waals surface area contributed by atoms with E-state index in [1.165, 1.54) is 18.6 Å². The Bertz CT molecular complexity index is 2640. The second-order valence-corrected chi connectivity index (χ2v) is 19.0. The first-order valence-corrected chi connectivity index (χ1v) is 23.8. The van der Waals surface area contributed by atoms with Gasteiger partial charge in [-0.3, -0.25) is 24.4 Å². The maximum atomic E-state index is 15.4. The summed E-state index contributed by atoms with van der Waals surface area (Å²) in [4.78, 5) is 51.7. The van der Waals surface area contributed by atoms with Crippen LogP contribution in [0.25, 0.3) is 28.0 Å². The number of nitriles is 1. The van der Waals surface area contributed by atoms with E-state index in [0.29, 0.717) is 47.4 Å². The Kier molecular flexibility index (Phi) is 12.0. The Labute approximate surface area is 382 Å². The van der Waals surface area contributed by atoms with Gasteiger partial charge in [0, 0.05) is 66.4 Å². The third kappa shape index (κ3) is 8.51. The number of imide groups is 1. The standard InChI is InChI=1S/C49H56F2N12O3/c1-2-49(48(66)57-34-4-3-5-34)16-20-61(21-17-49)42-12-6-31(25-53-42)45-46-32(24-52)26-55-63(46)29-41(58-45)33-27-54-62(28-33)37-9-7-36(8-10-37)60-18-14-30(15-19-60)44-38(50)22-35(23-39(44)51)56-40-11-13-43(64)59-47(40)65/h6,12,22-23,25-30,34,36-37,40,56H,2-5,7-11,13-21H2,1H3,(H,57,66)(H,59,64,65)/t36-,37-,40?. The summed E-state index contributed by atoms with van der Waals surface area (Å²) in [7, 11) is 0. The normalized spacial score (nSPS) is 23.0. The molecule has 1 unspecified atom stereocenters. The third-order valence-electron chi connectivity index (χ3n) is 15.3. The van der Waals surface area contributed by atoms with Crippen LogP contribution in [0.2, 0.25) is 0 Å². The molecule has 5 fully saturated rings. The molecule has 3 saturated heterocycles. The summed E-state index contributed by atoms with van der Waals surface area (Å²) >= 11 is 0. The maximum absolute atomic E-state index is 15.4. The van der Waals surface area contributed by atoms with E-state index in [1.54, 1.807) is 10.7 Å². The van der Waals surface area contributed by atoms with Crippen LogP contribution in [0.1, 0.15) is 120 Å². The number of hydrogen-bond acceptors (Lipinski definition) is 11. The molecular formula is C49H56F2N12O3. The summed E-state index contributed by atoms with van der Waals surface area (Å²) in [6.45, 7) is 5.14. The van der Waals surface area contributed by atoms with Crippen LogP contribution in [-0.2, 0) is 14.4 Å². The van der Waals surface area contributed by atoms with Gasteiger partial charge in [0.15, 0.2) is 0 Å². The first kappa shape index (κ1) is 43.6. The van der Waals surface area contributed by atoms with E-state index in [2.05, 4.69) is 43.8 Å². The quantitative estimate of drug-likeness (QED) is 0.116. The van der Waals surface area contributed by atoms with Gasteiger partial charge in [-0.15, -0.1) is 0 Å². The van der Waals surface area contributed by atoms with Gasteiger partial charge >= 0.3 is 0 Å². The molecule has 5 aliphatic rings. The van der Waals surface area contributed by atoms with Gasteiger partial charge in [0.2, 0.25) is 17.7 Å². The fourth-order valence-electron chi connectivity index (χ4n) is 10.9. The third-order valence-corrected chi connectivity index (χ3v) is 15.3. The lowest BCUT2D eigenvalue weighted by Crippen LogP contribution is -2.52. The second-order valence-electron chi connectivity index (χ2n) is 19.0. The lowest BCUT2D eigenvalue weighted by atomic mass is 9.74. The number of hydrogen-bond donors (Lipinski definition) is 3. The number of amides is 3. The van der Waals surface area contributed by atoms with E-state index in [9.17, 15) is 19.6 Å². The molecule has 4 aromatic heterocycles. The van der Waals surface area contributed by atoms with E-state index in [1.807, 2.05) is 41.6 Å². The summed E-state index contributed by atoms with van der Waals surface area (Å²) in [6, 6.07) is 9.00. The predicted octanol–water partition coefficient (Wildman–Crippen LogP) is 7.05. The molecule has 1 aromatic carbocycles. The number of rotatable bonds is 11. The van der Waals surface area contributed by atoms with Gasteiger partial charge in [-0.25, -0.2) is 23.3 Å². The molecule has 3 amide bonds. The molecule has 0 spiro atoms. The van der Waals surface area contributed by atoms with Crippen LogP contribution in [0, 0.1) is 28.4 Å². The molecule has 0 radical (unpaired) electrons. The van der Waals surface area contributed by atoms with Crippen molar-refractivity contribution in [1.82, 2.24) is 44.9 Å². The number of nitrogens with zero attached hydrogens (tertiary/aromatic N) is 9. The molecule has 17 heteroatoms. The van der Waals surface area contributed by atoms with Gasteiger partial charge < -0.3 is 20.4 Å². The first-order valence-electron chi connectivity index (χ1n) is 23.8. The summed E-state index contributed by atoms with van der Waals surface area (Å²) in [6.07, 6.45) is 20.4. The number of piperidine rings is 3. The van der Waals surface area contributed by atoms with Crippen molar-refractivity contribution >= 4 is 34.7 Å². The highest BCUT2D eigenvalue weighted by Crippen LogP contribution is 2.40. The highest BCUT2D eigenvalue weighted by atomic mass is 19.1. The summed E-state index contributed by atoms with van der Waals surface area (Å²) < 4.78 is 34.6. The topological polar surface area (TPSA) is 178 Å². The Balaban J connectivity index is 0.762. The van der Waals surface area contributed by atoms with Gasteiger partial charge in [-0.05, 0) is 127 Å². The number of fused-ring (bicyclic) bond motifs is 1. The predicted molar refractivity (Wildman–Crippen MR) is 243 cm³/mol. The van der Waals surface area contributed by atoms with Crippen LogP contribution >= 0.6 is 0 Å². The average Bonchev–Trinajstić information content (AvgIpc) is 3.99. The van der Waals surface area contributed by atoms with Crippen molar-refractivity contribution in [3.63, 3.8) is 0 Å². The highest BCUT2D eigenvalue weighted by Gasteiger charge is 2.41. The zero-order chi connectivity index (χ0) is 45.5. The Hall–Kier alpha value is -6.28. The van der Waals surface area contributed by atoms with E-state index in [0.717, 1.165) is 101 Å². The number of benzene rings is 1. The van der Waals surface area contributed by atoms with Crippen molar-refractivity contribution < 1.29 is 23.2 Å². The van der Waals surface area contributed by atoms with Crippen LogP contribution in [0.15, 0.2) is 55.2 Å². The molecule has 344 valence electrons. The molecule has 7 heterocycles. The highest BCUT2D eigenvalue weighted by molar-refractivity contribution is 6.01. The van der Waals surface area contributed by atoms with Crippen LogP contribution in [0.5, 0.6) is 0 Å². The number of likely N-dealkylation sites (tertiary alicyclic amines) is 1. The molecule has 2 aliphatic carbocycles. The number of pyridine rings is 1. The second kappa shape index (κ2) is 18.2. The SMILES string of the molecule is CCC1(C(=O)NC2CCC2)CCN(c2ccc(-c3nc(-c4cnn([C@H]5CC[C@H](N6CCC(c7c(F)cc(NC8CCC(=O)NC8=O)cc7F)CC6)CC5)c4)cn4ncc(C#N)c34)cn2)CC1. The minimum atomic E-state index is -0.718. The lowest BCUT2D eigenvalue weighted by molar-refractivity contribution is -0.134. The van der Waals surface area contributed by atoms with Crippen molar-refractivity contribution in [3.05, 3.63) is 78.0 Å². The number of nitrogens with one attached hydrogen (secondary N) is 3. The Morgan fingerprint density at radius 1 is 0.894 bits per heavy atom. The molecule has 5 aromatic rings. The number of halogens is 2. The number of anilines is 2. The van der Waals surface area contributed by atoms with Crippen molar-refractivity contribution in [1.29, 1.82) is 5.26 Å². The van der Waals surface area contributed by atoms with Crippen LogP contribution in [0.4, 0.5) is 20.3 Å². The molecular weight excluding hydrogens is 843 g/mol. The van der Waals surface area contributed by atoms with Gasteiger partial charge in [0.25, 0.3) is 0 Å². The fourth-order valence-corrected chi connectivity index (χ4v) is 10.9. The molecule has 15 nitrogen and oxygen atoms in total. The molecule has 66 heavy (non-hydrogen) atoms. The van der Waals surface area contributed by atoms with Crippen LogP contribution < -0.4 is 20.9 Å². The van der Waals surface area contributed by atoms with Crippen molar-refractivity contribution in [2.45, 2.75) is 127 Å². The number of carbonyl (C=O) groups excluding carboxylic acids is 3. The molecule has 10 rings (SSSR count). The lowest BCUT2D eigenvalue weighted by Gasteiger charge is -2.42. The van der Waals surface area contributed by atoms with Crippen molar-refractivity contribution in [2.75, 3.05) is 36.4 Å². The summed E-state index contributed by atoms with van der Waals surface area (Å²) in [5.74, 6) is -1.25. The zero-order valence-electron chi connectivity index (χ0n) is 37.3.